The Kier molecular flexibility index (Phi) is 7.42. The van der Waals surface area contributed by atoms with Crippen LogP contribution < -0.4 is 15.0 Å². The maximum atomic E-state index is 12.7. The number of halogens is 1. The van der Waals surface area contributed by atoms with Gasteiger partial charge in [0.05, 0.1) is 5.92 Å². The average molecular weight is 573 g/mol. The van der Waals surface area contributed by atoms with Crippen LogP contribution in [0.2, 0.25) is 0 Å². The molecule has 0 bridgehead atoms. The van der Waals surface area contributed by atoms with E-state index in [4.69, 9.17) is 9.47 Å². The fourth-order valence-corrected chi connectivity index (χ4v) is 4.64. The highest BCUT2D eigenvalue weighted by Gasteiger charge is 2.36. The lowest BCUT2D eigenvalue weighted by molar-refractivity contribution is -0.151. The van der Waals surface area contributed by atoms with Crippen molar-refractivity contribution in [1.29, 1.82) is 0 Å². The number of hydrogen-bond acceptors (Lipinski definition) is 5. The lowest BCUT2D eigenvalue weighted by Crippen LogP contribution is -2.28. The molecule has 4 aromatic carbocycles. The van der Waals surface area contributed by atoms with Gasteiger partial charge in [-0.25, -0.2) is 0 Å². The van der Waals surface area contributed by atoms with Crippen molar-refractivity contribution in [2.75, 3.05) is 23.4 Å². The average Bonchev–Trinajstić information content (AvgIpc) is 3.31. The zero-order valence-corrected chi connectivity index (χ0v) is 22.2. The molecule has 0 aliphatic carbocycles. The summed E-state index contributed by atoms with van der Waals surface area (Å²) in [5.41, 5.74) is 2.25. The fraction of sp³-hybridized carbons (Fsp3) is 0.167. The summed E-state index contributed by atoms with van der Waals surface area (Å²) in [5.74, 6) is -0.446. The van der Waals surface area contributed by atoms with Gasteiger partial charge in [0.2, 0.25) is 5.91 Å². The number of carbonyl (C=O) groups is 3. The molecular formula is C30H25BrN2O5. The van der Waals surface area contributed by atoms with Crippen LogP contribution in [0.3, 0.4) is 0 Å². The van der Waals surface area contributed by atoms with Gasteiger partial charge in [-0.05, 0) is 66.4 Å². The summed E-state index contributed by atoms with van der Waals surface area (Å²) < 4.78 is 12.2. The maximum Gasteiger partial charge on any atom is 0.311 e. The van der Waals surface area contributed by atoms with Crippen LogP contribution in [0.4, 0.5) is 11.4 Å². The van der Waals surface area contributed by atoms with Crippen LogP contribution in [0.1, 0.15) is 12.0 Å². The Hall–Kier alpha value is -4.17. The van der Waals surface area contributed by atoms with E-state index in [0.717, 1.165) is 26.6 Å². The molecule has 5 rings (SSSR count). The van der Waals surface area contributed by atoms with Gasteiger partial charge in [-0.15, -0.1) is 0 Å². The number of hydrogen-bond donors (Lipinski definition) is 1. The molecule has 38 heavy (non-hydrogen) atoms. The van der Waals surface area contributed by atoms with E-state index >= 15 is 0 Å². The zero-order valence-electron chi connectivity index (χ0n) is 20.6. The highest BCUT2D eigenvalue weighted by molar-refractivity contribution is 9.10. The second kappa shape index (κ2) is 11.1. The van der Waals surface area contributed by atoms with Crippen LogP contribution in [-0.2, 0) is 19.1 Å². The van der Waals surface area contributed by atoms with Crippen molar-refractivity contribution in [3.8, 4) is 11.5 Å². The summed E-state index contributed by atoms with van der Waals surface area (Å²) >= 11 is 3.41. The van der Waals surface area contributed by atoms with E-state index < -0.39 is 24.4 Å². The molecule has 0 radical (unpaired) electrons. The molecule has 0 spiro atoms. The van der Waals surface area contributed by atoms with E-state index in [2.05, 4.69) is 21.2 Å². The quantitative estimate of drug-likeness (QED) is 0.265. The molecule has 1 aliphatic rings. The number of benzene rings is 4. The number of amides is 2. The number of esters is 1. The summed E-state index contributed by atoms with van der Waals surface area (Å²) in [6.07, 6.45) is 0.0284. The third kappa shape index (κ3) is 5.70. The molecule has 0 saturated carbocycles. The van der Waals surface area contributed by atoms with Gasteiger partial charge >= 0.3 is 5.97 Å². The van der Waals surface area contributed by atoms with Gasteiger partial charge in [0.1, 0.15) is 11.5 Å². The number of carbonyl (C=O) groups excluding carboxylic acids is 3. The molecule has 0 unspecified atom stereocenters. The molecule has 2 amide bonds. The predicted molar refractivity (Wildman–Crippen MR) is 149 cm³/mol. The van der Waals surface area contributed by atoms with E-state index in [-0.39, 0.29) is 18.9 Å². The molecule has 0 aromatic heterocycles. The van der Waals surface area contributed by atoms with Gasteiger partial charge in [0.25, 0.3) is 5.91 Å². The topological polar surface area (TPSA) is 84.9 Å². The Balaban J connectivity index is 1.16. The standard InChI is InChI=1S/C30H25BrN2O5/c1-19-15-22(9-14-26(19)31)32-28(34)18-37-30(36)21-16-29(35)33(17-21)23-10-12-24(13-11-23)38-27-8-4-6-20-5-2-3-7-25(20)27/h2-15,21H,16-18H2,1H3,(H,32,34)/t21-/m1/s1. The van der Waals surface area contributed by atoms with Crippen molar-refractivity contribution in [2.45, 2.75) is 13.3 Å². The smallest absolute Gasteiger partial charge is 0.311 e. The second-order valence-corrected chi connectivity index (χ2v) is 9.95. The first-order valence-electron chi connectivity index (χ1n) is 12.2. The van der Waals surface area contributed by atoms with Gasteiger partial charge in [-0.1, -0.05) is 52.3 Å². The molecule has 4 aromatic rings. The van der Waals surface area contributed by atoms with Gasteiger partial charge in [0.15, 0.2) is 6.61 Å². The summed E-state index contributed by atoms with van der Waals surface area (Å²) in [5, 5.41) is 4.80. The predicted octanol–water partition coefficient (Wildman–Crippen LogP) is 6.24. The molecule has 8 heteroatoms. The minimum absolute atomic E-state index is 0.0284. The minimum atomic E-state index is -0.642. The largest absolute Gasteiger partial charge is 0.457 e. The Morgan fingerprint density at radius 1 is 1.00 bits per heavy atom. The molecule has 7 nitrogen and oxygen atoms in total. The lowest BCUT2D eigenvalue weighted by Gasteiger charge is -2.17. The van der Waals surface area contributed by atoms with Crippen molar-refractivity contribution >= 4 is 55.9 Å². The number of fused-ring (bicyclic) bond motifs is 1. The highest BCUT2D eigenvalue weighted by Crippen LogP contribution is 2.32. The van der Waals surface area contributed by atoms with Crippen LogP contribution in [0, 0.1) is 12.8 Å². The summed E-state index contributed by atoms with van der Waals surface area (Å²) in [7, 11) is 0. The Labute approximate surface area is 228 Å². The lowest BCUT2D eigenvalue weighted by atomic mass is 10.1. The summed E-state index contributed by atoms with van der Waals surface area (Å²) in [6, 6.07) is 26.4. The third-order valence-corrected chi connectivity index (χ3v) is 7.26. The van der Waals surface area contributed by atoms with E-state index in [1.54, 1.807) is 35.2 Å². The van der Waals surface area contributed by atoms with E-state index in [1.165, 1.54) is 0 Å². The van der Waals surface area contributed by atoms with Gasteiger partial charge in [0, 0.05) is 34.2 Å². The molecule has 1 atom stereocenters. The van der Waals surface area contributed by atoms with Crippen LogP contribution in [0.25, 0.3) is 10.8 Å². The van der Waals surface area contributed by atoms with Crippen LogP contribution >= 0.6 is 15.9 Å². The van der Waals surface area contributed by atoms with Gasteiger partial charge in [-0.3, -0.25) is 14.4 Å². The first-order chi connectivity index (χ1) is 18.4. The van der Waals surface area contributed by atoms with E-state index in [9.17, 15) is 14.4 Å². The summed E-state index contributed by atoms with van der Waals surface area (Å²) in [4.78, 5) is 39.0. The molecule has 1 heterocycles. The Morgan fingerprint density at radius 3 is 2.55 bits per heavy atom. The van der Waals surface area contributed by atoms with Crippen LogP contribution in [0.5, 0.6) is 11.5 Å². The van der Waals surface area contributed by atoms with Gasteiger partial charge in [-0.2, -0.15) is 0 Å². The first-order valence-corrected chi connectivity index (χ1v) is 13.0. The van der Waals surface area contributed by atoms with Crippen LogP contribution in [0.15, 0.2) is 89.4 Å². The minimum Gasteiger partial charge on any atom is -0.457 e. The van der Waals surface area contributed by atoms with E-state index in [1.807, 2.05) is 61.5 Å². The monoisotopic (exact) mass is 572 g/mol. The number of nitrogens with zero attached hydrogens (tertiary/aromatic N) is 1. The fourth-order valence-electron chi connectivity index (χ4n) is 4.39. The number of rotatable bonds is 7. The molecule has 1 saturated heterocycles. The van der Waals surface area contributed by atoms with Crippen molar-refractivity contribution in [2.24, 2.45) is 5.92 Å². The first kappa shape index (κ1) is 25.5. The maximum absolute atomic E-state index is 12.7. The normalized spacial score (nSPS) is 14.9. The zero-order chi connectivity index (χ0) is 26.6. The second-order valence-electron chi connectivity index (χ2n) is 9.10. The molecule has 1 aliphatic heterocycles. The Bertz CT molecular complexity index is 1510. The van der Waals surface area contributed by atoms with Crippen molar-refractivity contribution in [3.63, 3.8) is 0 Å². The Morgan fingerprint density at radius 2 is 1.76 bits per heavy atom. The number of aryl methyl sites for hydroxylation is 1. The molecule has 1 N–H and O–H groups in total. The van der Waals surface area contributed by atoms with Crippen molar-refractivity contribution in [1.82, 2.24) is 0 Å². The molecule has 192 valence electrons. The molecular weight excluding hydrogens is 548 g/mol. The SMILES string of the molecule is Cc1cc(NC(=O)COC(=O)[C@@H]2CC(=O)N(c3ccc(Oc4cccc5ccccc45)cc3)C2)ccc1Br. The molecule has 1 fully saturated rings. The summed E-state index contributed by atoms with van der Waals surface area (Å²) in [6.45, 7) is 1.68. The van der Waals surface area contributed by atoms with Crippen molar-refractivity contribution < 1.29 is 23.9 Å². The van der Waals surface area contributed by atoms with Crippen LogP contribution in [-0.4, -0.2) is 30.9 Å². The van der Waals surface area contributed by atoms with E-state index in [0.29, 0.717) is 17.1 Å². The number of anilines is 2. The number of nitrogens with one attached hydrogen (secondary N) is 1. The van der Waals surface area contributed by atoms with Crippen molar-refractivity contribution in [3.05, 3.63) is 95.0 Å². The number of ether oxygens (including phenoxy) is 2. The van der Waals surface area contributed by atoms with Gasteiger partial charge < -0.3 is 19.7 Å². The highest BCUT2D eigenvalue weighted by atomic mass is 79.9. The third-order valence-electron chi connectivity index (χ3n) is 6.37.